The summed E-state index contributed by atoms with van der Waals surface area (Å²) in [6, 6.07) is 21.5. The van der Waals surface area contributed by atoms with Gasteiger partial charge in [0.05, 0.1) is 24.7 Å². The van der Waals surface area contributed by atoms with Gasteiger partial charge >= 0.3 is 5.97 Å². The van der Waals surface area contributed by atoms with Gasteiger partial charge in [-0.05, 0) is 55.8 Å². The van der Waals surface area contributed by atoms with E-state index in [0.717, 1.165) is 11.1 Å². The highest BCUT2D eigenvalue weighted by Gasteiger charge is 2.31. The van der Waals surface area contributed by atoms with Crippen molar-refractivity contribution in [1.29, 1.82) is 5.26 Å². The number of esters is 1. The fourth-order valence-electron chi connectivity index (χ4n) is 3.84. The number of carbonyl (C=O) groups excluding carboxylic acids is 1. The van der Waals surface area contributed by atoms with Crippen molar-refractivity contribution < 1.29 is 23.7 Å². The van der Waals surface area contributed by atoms with E-state index in [4.69, 9.17) is 24.7 Å². The molecule has 1 aliphatic rings. The number of nitrogens with zero attached hydrogens (tertiary/aromatic N) is 1. The van der Waals surface area contributed by atoms with E-state index in [1.807, 2.05) is 38.1 Å². The van der Waals surface area contributed by atoms with E-state index in [2.05, 4.69) is 6.07 Å². The van der Waals surface area contributed by atoms with Gasteiger partial charge in [0, 0.05) is 11.6 Å². The average Bonchev–Trinajstić information content (AvgIpc) is 2.84. The molecule has 1 aliphatic heterocycles. The summed E-state index contributed by atoms with van der Waals surface area (Å²) >= 11 is 0. The van der Waals surface area contributed by atoms with Crippen LogP contribution in [0.3, 0.4) is 0 Å². The first-order chi connectivity index (χ1) is 16.5. The predicted molar refractivity (Wildman–Crippen MR) is 126 cm³/mol. The van der Waals surface area contributed by atoms with Crippen LogP contribution in [0.5, 0.6) is 23.0 Å². The maximum Gasteiger partial charge on any atom is 0.343 e. The SMILES string of the molecule is CCOc1cccc(C(=O)Oc2ccc3c(c2)OC(N)=C(C#N)C3c2cccc(OCC)c2)c1. The number of hydrogen-bond donors (Lipinski definition) is 1. The number of benzene rings is 3. The number of rotatable bonds is 7. The topological polar surface area (TPSA) is 104 Å². The molecular weight excluding hydrogens is 432 g/mol. The van der Waals surface area contributed by atoms with Gasteiger partial charge in [0.15, 0.2) is 0 Å². The summed E-state index contributed by atoms with van der Waals surface area (Å²) in [5.74, 6) is 1.03. The zero-order valence-electron chi connectivity index (χ0n) is 18.9. The van der Waals surface area contributed by atoms with Crippen molar-refractivity contribution in [3.8, 4) is 29.1 Å². The molecule has 34 heavy (non-hydrogen) atoms. The van der Waals surface area contributed by atoms with E-state index in [9.17, 15) is 10.1 Å². The lowest BCUT2D eigenvalue weighted by Gasteiger charge is -2.27. The van der Waals surface area contributed by atoms with Crippen molar-refractivity contribution >= 4 is 5.97 Å². The fourth-order valence-corrected chi connectivity index (χ4v) is 3.84. The molecule has 0 radical (unpaired) electrons. The predicted octanol–water partition coefficient (Wildman–Crippen LogP) is 4.92. The van der Waals surface area contributed by atoms with Gasteiger partial charge in [-0.2, -0.15) is 5.26 Å². The van der Waals surface area contributed by atoms with Gasteiger partial charge in [-0.1, -0.05) is 24.3 Å². The number of ether oxygens (including phenoxy) is 4. The maximum atomic E-state index is 12.7. The molecule has 3 aromatic carbocycles. The van der Waals surface area contributed by atoms with Crippen molar-refractivity contribution in [2.45, 2.75) is 19.8 Å². The summed E-state index contributed by atoms with van der Waals surface area (Å²) in [5.41, 5.74) is 8.34. The molecule has 0 fully saturated rings. The minimum atomic E-state index is -0.528. The van der Waals surface area contributed by atoms with E-state index in [0.29, 0.717) is 47.3 Å². The molecule has 0 amide bonds. The maximum absolute atomic E-state index is 12.7. The molecule has 0 aliphatic carbocycles. The van der Waals surface area contributed by atoms with Gasteiger partial charge in [-0.25, -0.2) is 4.79 Å². The second kappa shape index (κ2) is 10.0. The molecule has 0 bridgehead atoms. The van der Waals surface area contributed by atoms with Gasteiger partial charge in [0.25, 0.3) is 0 Å². The van der Waals surface area contributed by atoms with Crippen LogP contribution in [0.1, 0.15) is 41.3 Å². The summed E-state index contributed by atoms with van der Waals surface area (Å²) in [4.78, 5) is 12.7. The largest absolute Gasteiger partial charge is 0.494 e. The van der Waals surface area contributed by atoms with Crippen molar-refractivity contribution in [3.05, 3.63) is 94.9 Å². The number of allylic oxidation sites excluding steroid dienone is 1. The minimum absolute atomic E-state index is 0.00899. The second-order valence-corrected chi connectivity index (χ2v) is 7.48. The first-order valence-electron chi connectivity index (χ1n) is 10.9. The zero-order chi connectivity index (χ0) is 24.1. The Balaban J connectivity index is 1.65. The molecule has 3 aromatic rings. The van der Waals surface area contributed by atoms with Crippen molar-refractivity contribution in [1.82, 2.24) is 0 Å². The quantitative estimate of drug-likeness (QED) is 0.397. The van der Waals surface area contributed by atoms with Crippen molar-refractivity contribution in [2.75, 3.05) is 13.2 Å². The van der Waals surface area contributed by atoms with Gasteiger partial charge in [0.2, 0.25) is 5.88 Å². The first kappa shape index (κ1) is 22.7. The molecular formula is C27H24N2O5. The zero-order valence-corrected chi connectivity index (χ0v) is 18.9. The van der Waals surface area contributed by atoms with Crippen molar-refractivity contribution in [2.24, 2.45) is 5.73 Å². The van der Waals surface area contributed by atoms with Crippen LogP contribution in [0.15, 0.2) is 78.2 Å². The molecule has 1 heterocycles. The second-order valence-electron chi connectivity index (χ2n) is 7.48. The summed E-state index contributed by atoms with van der Waals surface area (Å²) < 4.78 is 22.4. The molecule has 0 saturated carbocycles. The van der Waals surface area contributed by atoms with Crippen LogP contribution in [-0.4, -0.2) is 19.2 Å². The van der Waals surface area contributed by atoms with Crippen LogP contribution in [0.2, 0.25) is 0 Å². The Bertz CT molecular complexity index is 1290. The summed E-state index contributed by atoms with van der Waals surface area (Å²) in [7, 11) is 0. The van der Waals surface area contributed by atoms with Crippen LogP contribution in [0.25, 0.3) is 0 Å². The van der Waals surface area contributed by atoms with Crippen LogP contribution >= 0.6 is 0 Å². The molecule has 172 valence electrons. The molecule has 2 N–H and O–H groups in total. The van der Waals surface area contributed by atoms with E-state index >= 15 is 0 Å². The highest BCUT2D eigenvalue weighted by molar-refractivity contribution is 5.91. The highest BCUT2D eigenvalue weighted by atomic mass is 16.5. The van der Waals surface area contributed by atoms with Crippen LogP contribution in [0.4, 0.5) is 0 Å². The molecule has 0 aromatic heterocycles. The van der Waals surface area contributed by atoms with Gasteiger partial charge in [0.1, 0.15) is 34.6 Å². The van der Waals surface area contributed by atoms with Gasteiger partial charge < -0.3 is 24.7 Å². The Kier molecular flexibility index (Phi) is 6.69. The summed E-state index contributed by atoms with van der Waals surface area (Å²) in [6.45, 7) is 4.80. The molecule has 7 heteroatoms. The summed E-state index contributed by atoms with van der Waals surface area (Å²) in [6.07, 6.45) is 0. The minimum Gasteiger partial charge on any atom is -0.494 e. The number of hydrogen-bond acceptors (Lipinski definition) is 7. The number of nitriles is 1. The molecule has 0 spiro atoms. The smallest absolute Gasteiger partial charge is 0.343 e. The van der Waals surface area contributed by atoms with Gasteiger partial charge in [-0.15, -0.1) is 0 Å². The van der Waals surface area contributed by atoms with Crippen LogP contribution in [-0.2, 0) is 0 Å². The van der Waals surface area contributed by atoms with Crippen LogP contribution < -0.4 is 24.7 Å². The molecule has 1 unspecified atom stereocenters. The van der Waals surface area contributed by atoms with E-state index in [1.54, 1.807) is 42.5 Å². The number of fused-ring (bicyclic) bond motifs is 1. The standard InChI is InChI=1S/C27H24N2O5/c1-3-31-19-9-5-7-17(13-19)25-22-12-11-21(15-24(22)34-26(29)23(25)16-28)33-27(30)18-8-6-10-20(14-18)32-4-2/h5-15,25H,3-4,29H2,1-2H3. The van der Waals surface area contributed by atoms with Gasteiger partial charge in [-0.3, -0.25) is 0 Å². The lowest BCUT2D eigenvalue weighted by Crippen LogP contribution is -2.21. The Labute approximate surface area is 197 Å². The Morgan fingerprint density at radius 1 is 0.971 bits per heavy atom. The number of carbonyl (C=O) groups is 1. The Morgan fingerprint density at radius 3 is 2.38 bits per heavy atom. The van der Waals surface area contributed by atoms with E-state index in [-0.39, 0.29) is 5.88 Å². The lowest BCUT2D eigenvalue weighted by molar-refractivity contribution is 0.0734. The molecule has 4 rings (SSSR count). The molecule has 0 saturated heterocycles. The van der Waals surface area contributed by atoms with E-state index in [1.165, 1.54) is 0 Å². The molecule has 7 nitrogen and oxygen atoms in total. The third-order valence-corrected chi connectivity index (χ3v) is 5.28. The summed E-state index contributed by atoms with van der Waals surface area (Å²) in [5, 5.41) is 9.77. The normalized spacial score (nSPS) is 14.4. The molecule has 1 atom stereocenters. The fraction of sp³-hybridized carbons (Fsp3) is 0.185. The Hall–Kier alpha value is -4.44. The monoisotopic (exact) mass is 456 g/mol. The van der Waals surface area contributed by atoms with Crippen molar-refractivity contribution in [3.63, 3.8) is 0 Å². The first-order valence-corrected chi connectivity index (χ1v) is 10.9. The average molecular weight is 456 g/mol. The highest BCUT2D eigenvalue weighted by Crippen LogP contribution is 2.44. The number of nitrogens with two attached hydrogens (primary N) is 1. The van der Waals surface area contributed by atoms with Crippen LogP contribution in [0, 0.1) is 11.3 Å². The third kappa shape index (κ3) is 4.66. The Morgan fingerprint density at radius 2 is 1.68 bits per heavy atom. The lowest BCUT2D eigenvalue weighted by atomic mass is 9.83. The van der Waals surface area contributed by atoms with E-state index < -0.39 is 11.9 Å². The third-order valence-electron chi connectivity index (χ3n) is 5.28.